The number of carbonyl (C=O) groups is 1. The van der Waals surface area contributed by atoms with Crippen molar-refractivity contribution in [2.45, 2.75) is 39.7 Å². The summed E-state index contributed by atoms with van der Waals surface area (Å²) in [5.74, 6) is -0.0761. The highest BCUT2D eigenvalue weighted by molar-refractivity contribution is 7.13. The molecule has 3 aromatic rings. The summed E-state index contributed by atoms with van der Waals surface area (Å²) in [7, 11) is 0. The Bertz CT molecular complexity index is 834. The van der Waals surface area contributed by atoms with Crippen molar-refractivity contribution < 1.29 is 4.79 Å². The van der Waals surface area contributed by atoms with Gasteiger partial charge in [-0.1, -0.05) is 38.0 Å². The third-order valence-electron chi connectivity index (χ3n) is 4.15. The normalized spacial score (nSPS) is 11.1. The maximum atomic E-state index is 12.2. The van der Waals surface area contributed by atoms with Gasteiger partial charge in [-0.2, -0.15) is 0 Å². The Balaban J connectivity index is 1.82. The van der Waals surface area contributed by atoms with Crippen LogP contribution >= 0.6 is 11.3 Å². The Morgan fingerprint density at radius 1 is 1.25 bits per heavy atom. The van der Waals surface area contributed by atoms with Crippen LogP contribution in [0.25, 0.3) is 21.6 Å². The summed E-state index contributed by atoms with van der Waals surface area (Å²) in [5.41, 5.74) is 2.80. The van der Waals surface area contributed by atoms with Crippen LogP contribution in [0.1, 0.15) is 43.6 Å². The van der Waals surface area contributed by atoms with Crippen molar-refractivity contribution >= 4 is 28.1 Å². The summed E-state index contributed by atoms with van der Waals surface area (Å²) in [4.78, 5) is 16.8. The molecule has 0 atom stereocenters. The Labute approximate surface area is 146 Å². The van der Waals surface area contributed by atoms with Crippen molar-refractivity contribution in [2.75, 3.05) is 6.54 Å². The maximum Gasteiger partial charge on any atom is 0.270 e. The van der Waals surface area contributed by atoms with Crippen LogP contribution in [0.5, 0.6) is 0 Å². The summed E-state index contributed by atoms with van der Waals surface area (Å²) in [6.07, 6.45) is 3.31. The SMILES string of the molecule is CCCCCNC(=O)c1csc(-c2cc3ccccc3n2CC)n1. The first-order chi connectivity index (χ1) is 11.7. The Hall–Kier alpha value is -2.14. The molecule has 1 N–H and O–H groups in total. The second-order valence-electron chi connectivity index (χ2n) is 5.83. The number of carbonyl (C=O) groups excluding carboxylic acids is 1. The van der Waals surface area contributed by atoms with Gasteiger partial charge in [0.25, 0.3) is 5.91 Å². The molecule has 1 amide bonds. The molecular formula is C19H23N3OS. The number of aryl methyl sites for hydroxylation is 1. The predicted molar refractivity (Wildman–Crippen MR) is 101 cm³/mol. The van der Waals surface area contributed by atoms with Crippen molar-refractivity contribution in [1.82, 2.24) is 14.9 Å². The molecule has 0 unspecified atom stereocenters. The molecule has 0 spiro atoms. The molecule has 0 saturated heterocycles. The van der Waals surface area contributed by atoms with Gasteiger partial charge in [0, 0.05) is 29.4 Å². The van der Waals surface area contributed by atoms with E-state index in [0.717, 1.165) is 43.1 Å². The first-order valence-corrected chi connectivity index (χ1v) is 9.45. The summed E-state index contributed by atoms with van der Waals surface area (Å²) in [6, 6.07) is 10.5. The predicted octanol–water partition coefficient (Wildman–Crippen LogP) is 4.70. The minimum Gasteiger partial charge on any atom is -0.351 e. The topological polar surface area (TPSA) is 46.9 Å². The van der Waals surface area contributed by atoms with Crippen molar-refractivity contribution in [3.05, 3.63) is 41.4 Å². The van der Waals surface area contributed by atoms with Crippen LogP contribution in [0, 0.1) is 0 Å². The zero-order valence-electron chi connectivity index (χ0n) is 14.2. The average Bonchev–Trinajstić information content (AvgIpc) is 3.22. The number of amides is 1. The first-order valence-electron chi connectivity index (χ1n) is 8.57. The van der Waals surface area contributed by atoms with Gasteiger partial charge in [0.05, 0.1) is 5.69 Å². The van der Waals surface area contributed by atoms with Crippen molar-refractivity contribution in [2.24, 2.45) is 0 Å². The van der Waals surface area contributed by atoms with Crippen LogP contribution in [0.3, 0.4) is 0 Å². The number of nitrogens with zero attached hydrogens (tertiary/aromatic N) is 2. The van der Waals surface area contributed by atoms with E-state index in [0.29, 0.717) is 5.69 Å². The number of nitrogens with one attached hydrogen (secondary N) is 1. The molecule has 5 heteroatoms. The quantitative estimate of drug-likeness (QED) is 0.633. The van der Waals surface area contributed by atoms with Gasteiger partial charge < -0.3 is 9.88 Å². The largest absolute Gasteiger partial charge is 0.351 e. The second kappa shape index (κ2) is 7.62. The fraction of sp³-hybridized carbons (Fsp3) is 0.368. The lowest BCUT2D eigenvalue weighted by Crippen LogP contribution is -2.24. The van der Waals surface area contributed by atoms with Crippen LogP contribution in [-0.4, -0.2) is 22.0 Å². The monoisotopic (exact) mass is 341 g/mol. The highest BCUT2D eigenvalue weighted by Crippen LogP contribution is 2.30. The molecule has 0 aliphatic rings. The standard InChI is InChI=1S/C19H23N3OS/c1-3-5-8-11-20-18(23)15-13-24-19(21-15)17-12-14-9-6-7-10-16(14)22(17)4-2/h6-7,9-10,12-13H,3-5,8,11H2,1-2H3,(H,20,23). The Morgan fingerprint density at radius 2 is 2.08 bits per heavy atom. The molecule has 0 bridgehead atoms. The molecular weight excluding hydrogens is 318 g/mol. The van der Waals surface area contributed by atoms with Crippen molar-refractivity contribution in [3.8, 4) is 10.7 Å². The number of hydrogen-bond donors (Lipinski definition) is 1. The molecule has 0 fully saturated rings. The van der Waals surface area contributed by atoms with E-state index in [1.807, 2.05) is 11.4 Å². The number of thiazole rings is 1. The van der Waals surface area contributed by atoms with Gasteiger partial charge in [-0.25, -0.2) is 4.98 Å². The molecule has 0 radical (unpaired) electrons. The molecule has 4 nitrogen and oxygen atoms in total. The Morgan fingerprint density at radius 3 is 2.88 bits per heavy atom. The average molecular weight is 341 g/mol. The van der Waals surface area contributed by atoms with E-state index in [1.54, 1.807) is 0 Å². The number of unbranched alkanes of at least 4 members (excludes halogenated alkanes) is 2. The lowest BCUT2D eigenvalue weighted by Gasteiger charge is -2.05. The second-order valence-corrected chi connectivity index (χ2v) is 6.69. The molecule has 0 aliphatic carbocycles. The van der Waals surface area contributed by atoms with Gasteiger partial charge in [-0.3, -0.25) is 4.79 Å². The number of hydrogen-bond acceptors (Lipinski definition) is 3. The molecule has 0 aliphatic heterocycles. The van der Waals surface area contributed by atoms with Crippen molar-refractivity contribution in [3.63, 3.8) is 0 Å². The summed E-state index contributed by atoms with van der Waals surface area (Å²) in [5, 5.41) is 6.90. The van der Waals surface area contributed by atoms with Crippen LogP contribution in [0.15, 0.2) is 35.7 Å². The van der Waals surface area contributed by atoms with E-state index >= 15 is 0 Å². The van der Waals surface area contributed by atoms with Crippen LogP contribution in [0.4, 0.5) is 0 Å². The van der Waals surface area contributed by atoms with Crippen LogP contribution in [-0.2, 0) is 6.54 Å². The van der Waals surface area contributed by atoms with Crippen LogP contribution in [0.2, 0.25) is 0 Å². The number of benzene rings is 1. The van der Waals surface area contributed by atoms with E-state index in [-0.39, 0.29) is 5.91 Å². The number of para-hydroxylation sites is 1. The van der Waals surface area contributed by atoms with E-state index in [2.05, 4.69) is 53.0 Å². The molecule has 2 heterocycles. The van der Waals surface area contributed by atoms with E-state index in [4.69, 9.17) is 0 Å². The van der Waals surface area contributed by atoms with Crippen LogP contribution < -0.4 is 5.32 Å². The Kier molecular flexibility index (Phi) is 5.30. The fourth-order valence-electron chi connectivity index (χ4n) is 2.89. The first kappa shape index (κ1) is 16.7. The minimum atomic E-state index is -0.0761. The molecule has 2 aromatic heterocycles. The lowest BCUT2D eigenvalue weighted by molar-refractivity contribution is 0.0949. The third-order valence-corrected chi connectivity index (χ3v) is 5.01. The minimum absolute atomic E-state index is 0.0761. The molecule has 3 rings (SSSR count). The highest BCUT2D eigenvalue weighted by Gasteiger charge is 2.15. The van der Waals surface area contributed by atoms with Gasteiger partial charge in [0.15, 0.2) is 0 Å². The van der Waals surface area contributed by atoms with Gasteiger partial charge in [0.2, 0.25) is 0 Å². The zero-order chi connectivity index (χ0) is 16.9. The molecule has 24 heavy (non-hydrogen) atoms. The van der Waals surface area contributed by atoms with E-state index in [9.17, 15) is 4.79 Å². The molecule has 0 saturated carbocycles. The summed E-state index contributed by atoms with van der Waals surface area (Å²) in [6.45, 7) is 5.88. The number of aromatic nitrogens is 2. The summed E-state index contributed by atoms with van der Waals surface area (Å²) < 4.78 is 2.25. The molecule has 1 aromatic carbocycles. The van der Waals surface area contributed by atoms with E-state index < -0.39 is 0 Å². The smallest absolute Gasteiger partial charge is 0.270 e. The van der Waals surface area contributed by atoms with Gasteiger partial charge in [-0.15, -0.1) is 11.3 Å². The van der Waals surface area contributed by atoms with Crippen molar-refractivity contribution in [1.29, 1.82) is 0 Å². The van der Waals surface area contributed by atoms with Gasteiger partial charge >= 0.3 is 0 Å². The van der Waals surface area contributed by atoms with Gasteiger partial charge in [0.1, 0.15) is 10.7 Å². The fourth-order valence-corrected chi connectivity index (χ4v) is 3.72. The van der Waals surface area contributed by atoms with Gasteiger partial charge in [-0.05, 0) is 25.5 Å². The lowest BCUT2D eigenvalue weighted by atomic mass is 10.2. The third kappa shape index (κ3) is 3.36. The summed E-state index contributed by atoms with van der Waals surface area (Å²) >= 11 is 1.53. The zero-order valence-corrected chi connectivity index (χ0v) is 15.0. The number of rotatable bonds is 7. The number of fused-ring (bicyclic) bond motifs is 1. The van der Waals surface area contributed by atoms with E-state index in [1.165, 1.54) is 22.2 Å². The molecule has 126 valence electrons. The maximum absolute atomic E-state index is 12.2. The highest BCUT2D eigenvalue weighted by atomic mass is 32.1.